The Labute approximate surface area is 167 Å². The van der Waals surface area contributed by atoms with Crippen LogP contribution in [0.2, 0.25) is 0 Å². The molecule has 0 aliphatic carbocycles. The van der Waals surface area contributed by atoms with Crippen LogP contribution in [0, 0.1) is 12.7 Å². The molecule has 4 rings (SSSR count). The number of halogens is 1. The number of fused-ring (bicyclic) bond motifs is 1. The van der Waals surface area contributed by atoms with Crippen LogP contribution in [0.25, 0.3) is 16.6 Å². The van der Waals surface area contributed by atoms with E-state index in [1.54, 1.807) is 40.9 Å². The van der Waals surface area contributed by atoms with Crippen molar-refractivity contribution < 1.29 is 18.7 Å². The summed E-state index contributed by atoms with van der Waals surface area (Å²) < 4.78 is 21.5. The summed E-state index contributed by atoms with van der Waals surface area (Å²) in [5, 5.41) is 0.739. The van der Waals surface area contributed by atoms with E-state index in [0.717, 1.165) is 11.7 Å². The smallest absolute Gasteiger partial charge is 0.256 e. The average Bonchev–Trinajstić information content (AvgIpc) is 2.99. The second-order valence-corrected chi connectivity index (χ2v) is 7.45. The van der Waals surface area contributed by atoms with E-state index in [1.807, 2.05) is 13.8 Å². The Kier molecular flexibility index (Phi) is 4.92. The van der Waals surface area contributed by atoms with Crippen LogP contribution >= 0.6 is 0 Å². The van der Waals surface area contributed by atoms with Gasteiger partial charge in [0.15, 0.2) is 6.29 Å². The van der Waals surface area contributed by atoms with Crippen LogP contribution in [0.4, 0.5) is 4.39 Å². The summed E-state index contributed by atoms with van der Waals surface area (Å²) in [6.07, 6.45) is 4.06. The highest BCUT2D eigenvalue weighted by molar-refractivity contribution is 6.02. The first kappa shape index (κ1) is 19.3. The normalized spacial score (nSPS) is 19.5. The lowest BCUT2D eigenvalue weighted by atomic mass is 10.1. The van der Waals surface area contributed by atoms with Gasteiger partial charge in [0.2, 0.25) is 0 Å². The standard InChI is InChI=1S/C22H22FN3O3/c1-13-11-29-12-14(2)25(13)22(28)18-8-16(23)4-5-20(18)26-15(3)19(10-27)17-6-7-24-9-21(17)26/h4-10,13-14H,11-12H2,1-3H3/t13-,14-/m1/s1. The number of ether oxygens (including phenoxy) is 1. The summed E-state index contributed by atoms with van der Waals surface area (Å²) in [4.78, 5) is 31.1. The first-order valence-corrected chi connectivity index (χ1v) is 9.54. The molecule has 29 heavy (non-hydrogen) atoms. The fourth-order valence-corrected chi connectivity index (χ4v) is 4.17. The van der Waals surface area contributed by atoms with Crippen molar-refractivity contribution in [2.75, 3.05) is 13.2 Å². The van der Waals surface area contributed by atoms with Gasteiger partial charge in [-0.25, -0.2) is 4.39 Å². The lowest BCUT2D eigenvalue weighted by Gasteiger charge is -2.39. The maximum atomic E-state index is 14.2. The lowest BCUT2D eigenvalue weighted by Crippen LogP contribution is -2.52. The van der Waals surface area contributed by atoms with E-state index in [4.69, 9.17) is 4.74 Å². The molecule has 1 fully saturated rings. The number of nitrogens with zero attached hydrogens (tertiary/aromatic N) is 3. The molecule has 0 N–H and O–H groups in total. The van der Waals surface area contributed by atoms with Crippen molar-refractivity contribution in [3.8, 4) is 5.69 Å². The van der Waals surface area contributed by atoms with Crippen LogP contribution in [0.3, 0.4) is 0 Å². The summed E-state index contributed by atoms with van der Waals surface area (Å²) in [7, 11) is 0. The Morgan fingerprint density at radius 1 is 1.24 bits per heavy atom. The molecular formula is C22H22FN3O3. The fraction of sp³-hybridized carbons (Fsp3) is 0.318. The van der Waals surface area contributed by atoms with Crippen molar-refractivity contribution in [3.63, 3.8) is 0 Å². The Morgan fingerprint density at radius 3 is 2.66 bits per heavy atom. The molecule has 6 nitrogen and oxygen atoms in total. The molecule has 3 heterocycles. The molecule has 0 saturated carbocycles. The molecule has 0 unspecified atom stereocenters. The van der Waals surface area contributed by atoms with Gasteiger partial charge in [-0.2, -0.15) is 0 Å². The third-order valence-corrected chi connectivity index (χ3v) is 5.51. The molecule has 3 aromatic rings. The summed E-state index contributed by atoms with van der Waals surface area (Å²) >= 11 is 0. The number of amides is 1. The van der Waals surface area contributed by atoms with E-state index in [1.165, 1.54) is 12.1 Å². The van der Waals surface area contributed by atoms with E-state index >= 15 is 0 Å². The van der Waals surface area contributed by atoms with Crippen molar-refractivity contribution in [2.24, 2.45) is 0 Å². The van der Waals surface area contributed by atoms with Gasteiger partial charge in [-0.05, 0) is 45.0 Å². The predicted octanol–water partition coefficient (Wildman–Crippen LogP) is 3.53. The van der Waals surface area contributed by atoms with Crippen LogP contribution in [0.5, 0.6) is 0 Å². The van der Waals surface area contributed by atoms with Crippen LogP contribution in [-0.2, 0) is 4.74 Å². The predicted molar refractivity (Wildman–Crippen MR) is 107 cm³/mol. The summed E-state index contributed by atoms with van der Waals surface area (Å²) in [5.74, 6) is -0.755. The fourth-order valence-electron chi connectivity index (χ4n) is 4.17. The van der Waals surface area contributed by atoms with Crippen molar-refractivity contribution in [3.05, 3.63) is 59.3 Å². The zero-order chi connectivity index (χ0) is 20.7. The van der Waals surface area contributed by atoms with Gasteiger partial charge in [0.25, 0.3) is 5.91 Å². The molecule has 0 radical (unpaired) electrons. The number of hydrogen-bond donors (Lipinski definition) is 0. The topological polar surface area (TPSA) is 64.4 Å². The van der Waals surface area contributed by atoms with E-state index in [9.17, 15) is 14.0 Å². The van der Waals surface area contributed by atoms with Crippen molar-refractivity contribution in [1.29, 1.82) is 0 Å². The number of hydrogen-bond acceptors (Lipinski definition) is 4. The number of pyridine rings is 1. The number of morpholine rings is 1. The Morgan fingerprint density at radius 2 is 1.97 bits per heavy atom. The number of aldehydes is 1. The van der Waals surface area contributed by atoms with Crippen molar-refractivity contribution >= 4 is 23.1 Å². The molecule has 2 aromatic heterocycles. The minimum Gasteiger partial charge on any atom is -0.377 e. The Hall–Kier alpha value is -3.06. The SMILES string of the molecule is Cc1c(C=O)c2ccncc2n1-c1ccc(F)cc1C(=O)N1[C@H](C)COC[C@H]1C. The zero-order valence-electron chi connectivity index (χ0n) is 16.6. The number of aromatic nitrogens is 2. The first-order chi connectivity index (χ1) is 13.9. The van der Waals surface area contributed by atoms with Crippen molar-refractivity contribution in [2.45, 2.75) is 32.9 Å². The third kappa shape index (κ3) is 3.11. The average molecular weight is 395 g/mol. The van der Waals surface area contributed by atoms with Crippen LogP contribution in [0.15, 0.2) is 36.7 Å². The van der Waals surface area contributed by atoms with Crippen LogP contribution in [-0.4, -0.2) is 51.9 Å². The number of rotatable bonds is 3. The van der Waals surface area contributed by atoms with Gasteiger partial charge >= 0.3 is 0 Å². The molecule has 1 amide bonds. The van der Waals surface area contributed by atoms with Crippen molar-refractivity contribution in [1.82, 2.24) is 14.5 Å². The third-order valence-electron chi connectivity index (χ3n) is 5.51. The zero-order valence-corrected chi connectivity index (χ0v) is 16.6. The van der Waals surface area contributed by atoms with E-state index < -0.39 is 5.82 Å². The second kappa shape index (κ2) is 7.40. The van der Waals surface area contributed by atoms with Crippen LogP contribution in [0.1, 0.15) is 40.3 Å². The highest BCUT2D eigenvalue weighted by Gasteiger charge is 2.32. The maximum absolute atomic E-state index is 14.2. The van der Waals surface area contributed by atoms with Gasteiger partial charge in [-0.15, -0.1) is 0 Å². The molecule has 0 bridgehead atoms. The number of carbonyl (C=O) groups is 2. The van der Waals surface area contributed by atoms with Gasteiger partial charge in [0.05, 0.1) is 48.3 Å². The molecule has 1 aliphatic rings. The lowest BCUT2D eigenvalue weighted by molar-refractivity contribution is -0.0249. The first-order valence-electron chi connectivity index (χ1n) is 9.54. The van der Waals surface area contributed by atoms with E-state index in [-0.39, 0.29) is 23.6 Å². The summed E-state index contributed by atoms with van der Waals surface area (Å²) in [5.41, 5.74) is 2.65. The van der Waals surface area contributed by atoms with Crippen LogP contribution < -0.4 is 0 Å². The molecule has 7 heteroatoms. The van der Waals surface area contributed by atoms with Gasteiger partial charge in [0.1, 0.15) is 5.82 Å². The van der Waals surface area contributed by atoms with Gasteiger partial charge in [-0.3, -0.25) is 14.6 Å². The van der Waals surface area contributed by atoms with Gasteiger partial charge in [0, 0.05) is 22.8 Å². The number of carbonyl (C=O) groups excluding carboxylic acids is 2. The number of benzene rings is 1. The Bertz CT molecular complexity index is 1100. The molecule has 2 atom stereocenters. The second-order valence-electron chi connectivity index (χ2n) is 7.45. The molecule has 0 spiro atoms. The quantitative estimate of drug-likeness (QED) is 0.637. The maximum Gasteiger partial charge on any atom is 0.256 e. The minimum absolute atomic E-state index is 0.128. The molecular weight excluding hydrogens is 373 g/mol. The highest BCUT2D eigenvalue weighted by atomic mass is 19.1. The highest BCUT2D eigenvalue weighted by Crippen LogP contribution is 2.31. The molecule has 150 valence electrons. The largest absolute Gasteiger partial charge is 0.377 e. The Balaban J connectivity index is 1.94. The molecule has 1 saturated heterocycles. The van der Waals surface area contributed by atoms with Gasteiger partial charge < -0.3 is 14.2 Å². The molecule has 1 aliphatic heterocycles. The van der Waals surface area contributed by atoms with Gasteiger partial charge in [-0.1, -0.05) is 0 Å². The summed E-state index contributed by atoms with van der Waals surface area (Å²) in [6, 6.07) is 5.66. The molecule has 1 aromatic carbocycles. The minimum atomic E-state index is -0.492. The van der Waals surface area contributed by atoms with E-state index in [0.29, 0.717) is 35.7 Å². The summed E-state index contributed by atoms with van der Waals surface area (Å²) in [6.45, 7) is 6.51. The van der Waals surface area contributed by atoms with E-state index in [2.05, 4.69) is 4.98 Å². The monoisotopic (exact) mass is 395 g/mol.